The molecule has 0 saturated carbocycles. The molecule has 1 aliphatic heterocycles. The van der Waals surface area contributed by atoms with E-state index in [1.807, 2.05) is 0 Å². The second kappa shape index (κ2) is 9.86. The van der Waals surface area contributed by atoms with Crippen molar-refractivity contribution in [3.05, 3.63) is 0 Å². The highest BCUT2D eigenvalue weighted by molar-refractivity contribution is 4.70. The quantitative estimate of drug-likeness (QED) is 0.598. The molecule has 2 unspecified atom stereocenters. The van der Waals surface area contributed by atoms with Crippen molar-refractivity contribution >= 4 is 0 Å². The molecule has 0 aromatic rings. The molecular formula is C14H29NO2. The molecule has 0 radical (unpaired) electrons. The van der Waals surface area contributed by atoms with Crippen LogP contribution in [0.15, 0.2) is 0 Å². The molecule has 3 nitrogen and oxygen atoms in total. The SMILES string of the molecule is CCNC(CCCOC)CCCC1CCCO1. The van der Waals surface area contributed by atoms with Gasteiger partial charge in [0.25, 0.3) is 0 Å². The lowest BCUT2D eigenvalue weighted by atomic mass is 10.0. The van der Waals surface area contributed by atoms with Gasteiger partial charge in [-0.1, -0.05) is 6.92 Å². The first-order valence-electron chi connectivity index (χ1n) is 7.20. The van der Waals surface area contributed by atoms with E-state index in [2.05, 4.69) is 12.2 Å². The van der Waals surface area contributed by atoms with Gasteiger partial charge in [0.15, 0.2) is 0 Å². The fourth-order valence-electron chi connectivity index (χ4n) is 2.58. The van der Waals surface area contributed by atoms with Crippen molar-refractivity contribution in [3.63, 3.8) is 0 Å². The summed E-state index contributed by atoms with van der Waals surface area (Å²) in [5, 5.41) is 3.57. The second-order valence-electron chi connectivity index (χ2n) is 4.96. The van der Waals surface area contributed by atoms with Gasteiger partial charge in [-0.2, -0.15) is 0 Å². The third kappa shape index (κ3) is 7.02. The molecule has 1 heterocycles. The molecule has 1 saturated heterocycles. The van der Waals surface area contributed by atoms with Crippen LogP contribution in [0.4, 0.5) is 0 Å². The van der Waals surface area contributed by atoms with E-state index in [4.69, 9.17) is 9.47 Å². The van der Waals surface area contributed by atoms with Crippen LogP contribution in [0.1, 0.15) is 51.9 Å². The molecule has 3 heteroatoms. The molecule has 0 amide bonds. The van der Waals surface area contributed by atoms with Crippen molar-refractivity contribution in [2.75, 3.05) is 26.9 Å². The number of methoxy groups -OCH3 is 1. The lowest BCUT2D eigenvalue weighted by Gasteiger charge is -2.18. The van der Waals surface area contributed by atoms with Crippen LogP contribution < -0.4 is 5.32 Å². The zero-order valence-corrected chi connectivity index (χ0v) is 11.5. The standard InChI is InChI=1S/C14H29NO2/c1-3-15-13(8-5-11-16-2)7-4-9-14-10-6-12-17-14/h13-15H,3-12H2,1-2H3. The summed E-state index contributed by atoms with van der Waals surface area (Å²) in [6.07, 6.45) is 9.28. The number of hydrogen-bond acceptors (Lipinski definition) is 3. The minimum Gasteiger partial charge on any atom is -0.385 e. The van der Waals surface area contributed by atoms with Gasteiger partial charge in [0.2, 0.25) is 0 Å². The normalized spacial score (nSPS) is 21.9. The molecule has 1 rings (SSSR count). The van der Waals surface area contributed by atoms with Gasteiger partial charge < -0.3 is 14.8 Å². The minimum absolute atomic E-state index is 0.552. The molecule has 0 aromatic carbocycles. The van der Waals surface area contributed by atoms with Gasteiger partial charge in [0.05, 0.1) is 6.10 Å². The predicted molar refractivity (Wildman–Crippen MR) is 71.4 cm³/mol. The third-order valence-electron chi connectivity index (χ3n) is 3.50. The van der Waals surface area contributed by atoms with Gasteiger partial charge in [-0.3, -0.25) is 0 Å². The Kier molecular flexibility index (Phi) is 8.67. The monoisotopic (exact) mass is 243 g/mol. The first-order valence-corrected chi connectivity index (χ1v) is 7.20. The summed E-state index contributed by atoms with van der Waals surface area (Å²) in [4.78, 5) is 0. The number of rotatable bonds is 10. The number of hydrogen-bond donors (Lipinski definition) is 1. The van der Waals surface area contributed by atoms with Crippen LogP contribution in [0.2, 0.25) is 0 Å². The minimum atomic E-state index is 0.552. The lowest BCUT2D eigenvalue weighted by molar-refractivity contribution is 0.101. The van der Waals surface area contributed by atoms with E-state index in [-0.39, 0.29) is 0 Å². The summed E-state index contributed by atoms with van der Waals surface area (Å²) in [6.45, 7) is 5.11. The summed E-state index contributed by atoms with van der Waals surface area (Å²) in [5.74, 6) is 0. The number of nitrogens with one attached hydrogen (secondary N) is 1. The van der Waals surface area contributed by atoms with Crippen LogP contribution in [0.3, 0.4) is 0 Å². The van der Waals surface area contributed by atoms with E-state index >= 15 is 0 Å². The van der Waals surface area contributed by atoms with Crippen molar-refractivity contribution in [1.29, 1.82) is 0 Å². The fourth-order valence-corrected chi connectivity index (χ4v) is 2.58. The molecule has 2 atom stereocenters. The van der Waals surface area contributed by atoms with Gasteiger partial charge in [-0.05, 0) is 51.5 Å². The summed E-state index contributed by atoms with van der Waals surface area (Å²) in [7, 11) is 1.78. The largest absolute Gasteiger partial charge is 0.385 e. The van der Waals surface area contributed by atoms with Gasteiger partial charge in [-0.15, -0.1) is 0 Å². The molecule has 0 bridgehead atoms. The Hall–Kier alpha value is -0.120. The topological polar surface area (TPSA) is 30.5 Å². The Morgan fingerprint density at radius 2 is 2.18 bits per heavy atom. The Bertz CT molecular complexity index is 170. The van der Waals surface area contributed by atoms with Crippen molar-refractivity contribution in [1.82, 2.24) is 5.32 Å². The van der Waals surface area contributed by atoms with Crippen LogP contribution in [0.5, 0.6) is 0 Å². The highest BCUT2D eigenvalue weighted by Crippen LogP contribution is 2.18. The van der Waals surface area contributed by atoms with Crippen molar-refractivity contribution in [2.45, 2.75) is 64.0 Å². The fraction of sp³-hybridized carbons (Fsp3) is 1.00. The Morgan fingerprint density at radius 1 is 1.35 bits per heavy atom. The van der Waals surface area contributed by atoms with E-state index in [0.29, 0.717) is 12.1 Å². The zero-order valence-electron chi connectivity index (χ0n) is 11.5. The average molecular weight is 243 g/mol. The maximum absolute atomic E-state index is 5.65. The van der Waals surface area contributed by atoms with E-state index in [1.54, 1.807) is 7.11 Å². The van der Waals surface area contributed by atoms with Crippen LogP contribution in [-0.4, -0.2) is 39.0 Å². The van der Waals surface area contributed by atoms with Crippen LogP contribution in [0.25, 0.3) is 0 Å². The Morgan fingerprint density at radius 3 is 2.82 bits per heavy atom. The molecule has 17 heavy (non-hydrogen) atoms. The molecule has 1 N–H and O–H groups in total. The van der Waals surface area contributed by atoms with Gasteiger partial charge >= 0.3 is 0 Å². The molecular weight excluding hydrogens is 214 g/mol. The first-order chi connectivity index (χ1) is 8.36. The summed E-state index contributed by atoms with van der Waals surface area (Å²) >= 11 is 0. The third-order valence-corrected chi connectivity index (χ3v) is 3.50. The van der Waals surface area contributed by atoms with Crippen LogP contribution >= 0.6 is 0 Å². The lowest BCUT2D eigenvalue weighted by Crippen LogP contribution is -2.29. The summed E-state index contributed by atoms with van der Waals surface area (Å²) in [6, 6.07) is 0.663. The van der Waals surface area contributed by atoms with Crippen molar-refractivity contribution in [3.8, 4) is 0 Å². The van der Waals surface area contributed by atoms with E-state index < -0.39 is 0 Å². The van der Waals surface area contributed by atoms with Gasteiger partial charge in [-0.25, -0.2) is 0 Å². The van der Waals surface area contributed by atoms with Gasteiger partial charge in [0.1, 0.15) is 0 Å². The second-order valence-corrected chi connectivity index (χ2v) is 4.96. The predicted octanol–water partition coefficient (Wildman–Crippen LogP) is 2.74. The molecule has 0 spiro atoms. The molecule has 1 aliphatic rings. The summed E-state index contributed by atoms with van der Waals surface area (Å²) < 4.78 is 10.8. The van der Waals surface area contributed by atoms with E-state index in [0.717, 1.165) is 26.2 Å². The number of ether oxygens (including phenoxy) is 2. The highest BCUT2D eigenvalue weighted by atomic mass is 16.5. The molecule has 102 valence electrons. The van der Waals surface area contributed by atoms with Crippen LogP contribution in [0, 0.1) is 0 Å². The Labute approximate surface area is 106 Å². The van der Waals surface area contributed by atoms with E-state index in [1.165, 1.54) is 38.5 Å². The van der Waals surface area contributed by atoms with E-state index in [9.17, 15) is 0 Å². The van der Waals surface area contributed by atoms with Crippen molar-refractivity contribution < 1.29 is 9.47 Å². The summed E-state index contributed by atoms with van der Waals surface area (Å²) in [5.41, 5.74) is 0. The zero-order chi connectivity index (χ0) is 12.3. The first kappa shape index (κ1) is 14.9. The molecule has 1 fully saturated rings. The maximum Gasteiger partial charge on any atom is 0.0576 e. The molecule has 0 aliphatic carbocycles. The average Bonchev–Trinajstić information content (AvgIpc) is 2.82. The smallest absolute Gasteiger partial charge is 0.0576 e. The van der Waals surface area contributed by atoms with Gasteiger partial charge in [0, 0.05) is 26.4 Å². The maximum atomic E-state index is 5.65. The van der Waals surface area contributed by atoms with Crippen LogP contribution in [-0.2, 0) is 9.47 Å². The highest BCUT2D eigenvalue weighted by Gasteiger charge is 2.15. The molecule has 0 aromatic heterocycles. The Balaban J connectivity index is 2.05. The van der Waals surface area contributed by atoms with Crippen molar-refractivity contribution in [2.24, 2.45) is 0 Å².